The van der Waals surface area contributed by atoms with Gasteiger partial charge >= 0.3 is 0 Å². The summed E-state index contributed by atoms with van der Waals surface area (Å²) in [7, 11) is 0. The van der Waals surface area contributed by atoms with Gasteiger partial charge in [0.1, 0.15) is 0 Å². The van der Waals surface area contributed by atoms with Crippen molar-refractivity contribution < 1.29 is 14.3 Å². The molecular formula is C17H16BrNO3. The van der Waals surface area contributed by atoms with Crippen LogP contribution in [-0.2, 0) is 6.42 Å². The number of ether oxygens (including phenoxy) is 2. The molecule has 0 aromatic heterocycles. The molecule has 1 aliphatic rings. The molecule has 0 bridgehead atoms. The van der Waals surface area contributed by atoms with E-state index in [9.17, 15) is 4.79 Å². The van der Waals surface area contributed by atoms with E-state index in [1.54, 1.807) is 18.2 Å². The van der Waals surface area contributed by atoms with Crippen LogP contribution in [0.2, 0.25) is 0 Å². The van der Waals surface area contributed by atoms with Crippen molar-refractivity contribution in [3.8, 4) is 11.5 Å². The lowest BCUT2D eigenvalue weighted by Gasteiger charge is -2.15. The lowest BCUT2D eigenvalue weighted by Crippen LogP contribution is -2.34. The van der Waals surface area contributed by atoms with Crippen molar-refractivity contribution in [3.05, 3.63) is 58.1 Å². The van der Waals surface area contributed by atoms with E-state index in [1.165, 1.54) is 5.56 Å². The molecule has 0 fully saturated rings. The lowest BCUT2D eigenvalue weighted by atomic mass is 10.1. The van der Waals surface area contributed by atoms with Gasteiger partial charge in [0.25, 0.3) is 5.91 Å². The van der Waals surface area contributed by atoms with E-state index < -0.39 is 0 Å². The third-order valence-electron chi connectivity index (χ3n) is 3.47. The number of rotatable bonds is 4. The Kier molecular flexibility index (Phi) is 4.34. The van der Waals surface area contributed by atoms with E-state index >= 15 is 0 Å². The zero-order valence-corrected chi connectivity index (χ0v) is 13.7. The Morgan fingerprint density at radius 1 is 1.23 bits per heavy atom. The minimum atomic E-state index is -0.146. The number of carbonyl (C=O) groups excluding carboxylic acids is 1. The highest BCUT2D eigenvalue weighted by molar-refractivity contribution is 9.10. The van der Waals surface area contributed by atoms with Crippen LogP contribution in [0.3, 0.4) is 0 Å². The standard InChI is InChI=1S/C17H16BrNO3/c1-11(9-12-5-7-13(18)8-6-12)19-17(20)14-3-2-4-15-16(14)22-10-21-15/h2-8,11H,9-10H2,1H3,(H,19,20). The van der Waals surface area contributed by atoms with Gasteiger partial charge in [-0.25, -0.2) is 0 Å². The fourth-order valence-electron chi connectivity index (χ4n) is 2.44. The number of hydrogen-bond acceptors (Lipinski definition) is 3. The van der Waals surface area contributed by atoms with Crippen molar-refractivity contribution in [2.24, 2.45) is 0 Å². The molecule has 0 saturated heterocycles. The molecular weight excluding hydrogens is 346 g/mol. The predicted octanol–water partition coefficient (Wildman–Crippen LogP) is 3.54. The molecule has 1 atom stereocenters. The molecule has 1 aliphatic heterocycles. The van der Waals surface area contributed by atoms with Gasteiger partial charge in [0.05, 0.1) is 5.56 Å². The summed E-state index contributed by atoms with van der Waals surface area (Å²) < 4.78 is 11.7. The number of halogens is 1. The Labute approximate surface area is 137 Å². The first-order chi connectivity index (χ1) is 10.6. The summed E-state index contributed by atoms with van der Waals surface area (Å²) in [6.45, 7) is 2.15. The first-order valence-electron chi connectivity index (χ1n) is 7.07. The average molecular weight is 362 g/mol. The van der Waals surface area contributed by atoms with Crippen LogP contribution >= 0.6 is 15.9 Å². The molecule has 1 heterocycles. The van der Waals surface area contributed by atoms with E-state index in [2.05, 4.69) is 21.2 Å². The Morgan fingerprint density at radius 2 is 2.00 bits per heavy atom. The van der Waals surface area contributed by atoms with Crippen LogP contribution in [-0.4, -0.2) is 18.7 Å². The lowest BCUT2D eigenvalue weighted by molar-refractivity contribution is 0.0935. The van der Waals surface area contributed by atoms with Gasteiger partial charge in [-0.2, -0.15) is 0 Å². The third-order valence-corrected chi connectivity index (χ3v) is 4.00. The van der Waals surface area contributed by atoms with Gasteiger partial charge in [0.2, 0.25) is 6.79 Å². The van der Waals surface area contributed by atoms with Gasteiger partial charge in [0.15, 0.2) is 11.5 Å². The van der Waals surface area contributed by atoms with E-state index in [0.29, 0.717) is 17.1 Å². The van der Waals surface area contributed by atoms with E-state index in [1.807, 2.05) is 31.2 Å². The van der Waals surface area contributed by atoms with Crippen LogP contribution < -0.4 is 14.8 Å². The summed E-state index contributed by atoms with van der Waals surface area (Å²) in [5.74, 6) is 0.996. The van der Waals surface area contributed by atoms with Gasteiger partial charge in [-0.3, -0.25) is 4.79 Å². The number of para-hydroxylation sites is 1. The Balaban J connectivity index is 1.66. The van der Waals surface area contributed by atoms with E-state index in [-0.39, 0.29) is 18.7 Å². The van der Waals surface area contributed by atoms with Gasteiger partial charge in [0, 0.05) is 10.5 Å². The topological polar surface area (TPSA) is 47.6 Å². The molecule has 0 radical (unpaired) electrons. The second-order valence-electron chi connectivity index (χ2n) is 5.24. The van der Waals surface area contributed by atoms with Crippen molar-refractivity contribution in [3.63, 3.8) is 0 Å². The average Bonchev–Trinajstić information content (AvgIpc) is 2.97. The first kappa shape index (κ1) is 14.9. The molecule has 2 aromatic carbocycles. The molecule has 1 unspecified atom stereocenters. The summed E-state index contributed by atoms with van der Waals surface area (Å²) in [6, 6.07) is 13.4. The van der Waals surface area contributed by atoms with Gasteiger partial charge in [-0.15, -0.1) is 0 Å². The van der Waals surface area contributed by atoms with Crippen molar-refractivity contribution in [1.29, 1.82) is 0 Å². The highest BCUT2D eigenvalue weighted by Crippen LogP contribution is 2.35. The van der Waals surface area contributed by atoms with Gasteiger partial charge in [-0.05, 0) is 43.2 Å². The summed E-state index contributed by atoms with van der Waals surface area (Å²) in [6.07, 6.45) is 0.769. The van der Waals surface area contributed by atoms with Crippen molar-refractivity contribution in [2.75, 3.05) is 6.79 Å². The number of benzene rings is 2. The first-order valence-corrected chi connectivity index (χ1v) is 7.86. The van der Waals surface area contributed by atoms with E-state index in [0.717, 1.165) is 10.9 Å². The molecule has 3 rings (SSSR count). The van der Waals surface area contributed by atoms with Gasteiger partial charge in [-0.1, -0.05) is 34.1 Å². The quantitative estimate of drug-likeness (QED) is 0.905. The smallest absolute Gasteiger partial charge is 0.255 e. The van der Waals surface area contributed by atoms with Crippen molar-refractivity contribution in [1.82, 2.24) is 5.32 Å². The minimum Gasteiger partial charge on any atom is -0.454 e. The number of amides is 1. The number of hydrogen-bond donors (Lipinski definition) is 1. The number of fused-ring (bicyclic) bond motifs is 1. The molecule has 4 nitrogen and oxygen atoms in total. The molecule has 2 aromatic rings. The SMILES string of the molecule is CC(Cc1ccc(Br)cc1)NC(=O)c1cccc2c1OCO2. The molecule has 0 aliphatic carbocycles. The van der Waals surface area contributed by atoms with Crippen LogP contribution in [0.4, 0.5) is 0 Å². The van der Waals surface area contributed by atoms with Crippen LogP contribution in [0.15, 0.2) is 46.9 Å². The highest BCUT2D eigenvalue weighted by atomic mass is 79.9. The molecule has 0 spiro atoms. The zero-order chi connectivity index (χ0) is 15.5. The molecule has 1 N–H and O–H groups in total. The molecule has 0 saturated carbocycles. The van der Waals surface area contributed by atoms with Crippen LogP contribution in [0.25, 0.3) is 0 Å². The molecule has 5 heteroatoms. The summed E-state index contributed by atoms with van der Waals surface area (Å²) in [5, 5.41) is 3.00. The Bertz CT molecular complexity index is 685. The summed E-state index contributed by atoms with van der Waals surface area (Å²) >= 11 is 3.42. The molecule has 22 heavy (non-hydrogen) atoms. The second kappa shape index (κ2) is 6.40. The second-order valence-corrected chi connectivity index (χ2v) is 6.16. The highest BCUT2D eigenvalue weighted by Gasteiger charge is 2.22. The van der Waals surface area contributed by atoms with Crippen molar-refractivity contribution >= 4 is 21.8 Å². The van der Waals surface area contributed by atoms with Crippen molar-refractivity contribution in [2.45, 2.75) is 19.4 Å². The predicted molar refractivity (Wildman–Crippen MR) is 87.3 cm³/mol. The maximum atomic E-state index is 12.4. The summed E-state index contributed by atoms with van der Waals surface area (Å²) in [4.78, 5) is 12.4. The largest absolute Gasteiger partial charge is 0.454 e. The normalized spacial score (nSPS) is 13.7. The van der Waals surface area contributed by atoms with Crippen LogP contribution in [0, 0.1) is 0 Å². The molecule has 1 amide bonds. The Hall–Kier alpha value is -2.01. The van der Waals surface area contributed by atoms with E-state index in [4.69, 9.17) is 9.47 Å². The Morgan fingerprint density at radius 3 is 2.77 bits per heavy atom. The fourth-order valence-corrected chi connectivity index (χ4v) is 2.70. The minimum absolute atomic E-state index is 0.0202. The maximum Gasteiger partial charge on any atom is 0.255 e. The monoisotopic (exact) mass is 361 g/mol. The summed E-state index contributed by atoms with van der Waals surface area (Å²) in [5.41, 5.74) is 1.69. The van der Waals surface area contributed by atoms with Crippen LogP contribution in [0.1, 0.15) is 22.8 Å². The molecule has 114 valence electrons. The maximum absolute atomic E-state index is 12.4. The fraction of sp³-hybridized carbons (Fsp3) is 0.235. The third kappa shape index (κ3) is 3.25. The number of nitrogens with one attached hydrogen (secondary N) is 1. The number of carbonyl (C=O) groups is 1. The zero-order valence-electron chi connectivity index (χ0n) is 12.1. The van der Waals surface area contributed by atoms with Crippen LogP contribution in [0.5, 0.6) is 11.5 Å². The van der Waals surface area contributed by atoms with Gasteiger partial charge < -0.3 is 14.8 Å².